The molecule has 0 saturated carbocycles. The second kappa shape index (κ2) is 9.11. The zero-order valence-corrected chi connectivity index (χ0v) is 18.0. The minimum Gasteiger partial charge on any atom is -0.464 e. The summed E-state index contributed by atoms with van der Waals surface area (Å²) in [4.78, 5) is 30.2. The van der Waals surface area contributed by atoms with E-state index >= 15 is 0 Å². The summed E-state index contributed by atoms with van der Waals surface area (Å²) in [5, 5.41) is 8.14. The molecule has 156 valence electrons. The molecular formula is C22H17ClN4O3S. The van der Waals surface area contributed by atoms with Crippen LogP contribution in [-0.4, -0.2) is 33.8 Å². The van der Waals surface area contributed by atoms with E-state index in [1.165, 1.54) is 29.2 Å². The number of thiazole rings is 1. The Bertz CT molecular complexity index is 1240. The summed E-state index contributed by atoms with van der Waals surface area (Å²) >= 11 is 7.58. The van der Waals surface area contributed by atoms with Crippen LogP contribution in [0.2, 0.25) is 5.02 Å². The van der Waals surface area contributed by atoms with Crippen LogP contribution in [0, 0.1) is 0 Å². The lowest BCUT2D eigenvalue weighted by Crippen LogP contribution is -2.16. The summed E-state index contributed by atoms with van der Waals surface area (Å²) in [6.07, 6.45) is 2.32. The van der Waals surface area contributed by atoms with Gasteiger partial charge in [-0.05, 0) is 23.8 Å². The second-order valence-corrected chi connectivity index (χ2v) is 8.03. The van der Waals surface area contributed by atoms with Crippen LogP contribution < -0.4 is 5.32 Å². The number of rotatable bonds is 6. The maximum atomic E-state index is 13.0. The molecule has 9 heteroatoms. The van der Waals surface area contributed by atoms with Crippen LogP contribution in [0.15, 0.2) is 66.9 Å². The van der Waals surface area contributed by atoms with Gasteiger partial charge in [0.2, 0.25) is 0 Å². The molecule has 7 nitrogen and oxygen atoms in total. The van der Waals surface area contributed by atoms with Crippen molar-refractivity contribution in [3.05, 3.63) is 93.7 Å². The third-order valence-electron chi connectivity index (χ3n) is 4.43. The number of methoxy groups -OCH3 is 1. The number of amides is 1. The number of nitrogens with zero attached hydrogens (tertiary/aromatic N) is 3. The molecule has 1 N–H and O–H groups in total. The van der Waals surface area contributed by atoms with Gasteiger partial charge in [0.1, 0.15) is 5.69 Å². The summed E-state index contributed by atoms with van der Waals surface area (Å²) in [5.41, 5.74) is 1.85. The number of esters is 1. The standard InChI is InChI=1S/C22H17ClN4O3S/c1-30-21(29)18-12-19(27(26-18)15-8-3-2-4-9-15)20(28)25-22-24-13-16(31-22)11-14-7-5-6-10-17(14)23/h2-10,12-13H,11H2,1H3,(H,24,25,28). The summed E-state index contributed by atoms with van der Waals surface area (Å²) in [6, 6.07) is 18.0. The highest BCUT2D eigenvalue weighted by Gasteiger charge is 2.21. The average molecular weight is 453 g/mol. The Labute approximate surface area is 187 Å². The highest BCUT2D eigenvalue weighted by atomic mass is 35.5. The molecule has 31 heavy (non-hydrogen) atoms. The number of hydrogen-bond donors (Lipinski definition) is 1. The monoisotopic (exact) mass is 452 g/mol. The minimum atomic E-state index is -0.625. The Morgan fingerprint density at radius 1 is 1.13 bits per heavy atom. The van der Waals surface area contributed by atoms with Crippen LogP contribution in [-0.2, 0) is 11.2 Å². The van der Waals surface area contributed by atoms with Gasteiger partial charge < -0.3 is 4.74 Å². The predicted octanol–water partition coefficient (Wildman–Crippen LogP) is 4.61. The molecular weight excluding hydrogens is 436 g/mol. The van der Waals surface area contributed by atoms with Crippen molar-refractivity contribution < 1.29 is 14.3 Å². The van der Waals surface area contributed by atoms with E-state index in [1.54, 1.807) is 18.3 Å². The molecule has 2 aromatic carbocycles. The first kappa shape index (κ1) is 20.8. The predicted molar refractivity (Wildman–Crippen MR) is 119 cm³/mol. The van der Waals surface area contributed by atoms with E-state index in [0.717, 1.165) is 10.4 Å². The minimum absolute atomic E-state index is 0.0371. The number of anilines is 1. The maximum absolute atomic E-state index is 13.0. The number of carbonyl (C=O) groups excluding carboxylic acids is 2. The lowest BCUT2D eigenvalue weighted by atomic mass is 10.1. The van der Waals surface area contributed by atoms with Crippen molar-refractivity contribution in [1.82, 2.24) is 14.8 Å². The van der Waals surface area contributed by atoms with Gasteiger partial charge in [-0.25, -0.2) is 14.5 Å². The second-order valence-electron chi connectivity index (χ2n) is 6.51. The van der Waals surface area contributed by atoms with Crippen molar-refractivity contribution >= 4 is 39.9 Å². The Morgan fingerprint density at radius 3 is 2.61 bits per heavy atom. The highest BCUT2D eigenvalue weighted by molar-refractivity contribution is 7.15. The summed E-state index contributed by atoms with van der Waals surface area (Å²) in [7, 11) is 1.26. The van der Waals surface area contributed by atoms with E-state index in [0.29, 0.717) is 22.3 Å². The van der Waals surface area contributed by atoms with Gasteiger partial charge >= 0.3 is 5.97 Å². The van der Waals surface area contributed by atoms with Crippen LogP contribution in [0.1, 0.15) is 31.4 Å². The van der Waals surface area contributed by atoms with E-state index in [1.807, 2.05) is 42.5 Å². The number of halogens is 1. The van der Waals surface area contributed by atoms with Gasteiger partial charge in [0, 0.05) is 28.6 Å². The van der Waals surface area contributed by atoms with Gasteiger partial charge in [-0.15, -0.1) is 11.3 Å². The van der Waals surface area contributed by atoms with Crippen molar-refractivity contribution in [3.63, 3.8) is 0 Å². The van der Waals surface area contributed by atoms with Crippen molar-refractivity contribution in [1.29, 1.82) is 0 Å². The van der Waals surface area contributed by atoms with Gasteiger partial charge in [-0.1, -0.05) is 48.0 Å². The van der Waals surface area contributed by atoms with Crippen molar-refractivity contribution in [2.24, 2.45) is 0 Å². The van der Waals surface area contributed by atoms with Crippen LogP contribution in [0.3, 0.4) is 0 Å². The Kier molecular flexibility index (Phi) is 6.11. The number of para-hydroxylation sites is 1. The number of carbonyl (C=O) groups is 2. The van der Waals surface area contributed by atoms with Gasteiger partial charge in [-0.3, -0.25) is 10.1 Å². The van der Waals surface area contributed by atoms with Crippen molar-refractivity contribution in [3.8, 4) is 5.69 Å². The van der Waals surface area contributed by atoms with Crippen molar-refractivity contribution in [2.45, 2.75) is 6.42 Å². The quantitative estimate of drug-likeness (QED) is 0.432. The van der Waals surface area contributed by atoms with Gasteiger partial charge in [-0.2, -0.15) is 5.10 Å². The normalized spacial score (nSPS) is 10.6. The Hall–Kier alpha value is -3.49. The zero-order valence-electron chi connectivity index (χ0n) is 16.4. The summed E-state index contributed by atoms with van der Waals surface area (Å²) in [5.74, 6) is -1.06. The molecule has 0 unspecified atom stereocenters. The average Bonchev–Trinajstić information content (AvgIpc) is 3.43. The third-order valence-corrected chi connectivity index (χ3v) is 5.72. The van der Waals surface area contributed by atoms with Crippen LogP contribution in [0.25, 0.3) is 5.69 Å². The molecule has 0 spiro atoms. The van der Waals surface area contributed by atoms with E-state index in [-0.39, 0.29) is 11.4 Å². The molecule has 2 heterocycles. The molecule has 0 radical (unpaired) electrons. The fourth-order valence-corrected chi connectivity index (χ4v) is 3.98. The first-order valence-electron chi connectivity index (χ1n) is 9.28. The van der Waals surface area contributed by atoms with E-state index in [2.05, 4.69) is 15.4 Å². The third kappa shape index (κ3) is 4.65. The number of nitrogens with one attached hydrogen (secondary N) is 1. The molecule has 1 amide bonds. The highest BCUT2D eigenvalue weighted by Crippen LogP contribution is 2.25. The molecule has 2 aromatic heterocycles. The van der Waals surface area contributed by atoms with E-state index in [9.17, 15) is 9.59 Å². The largest absolute Gasteiger partial charge is 0.464 e. The molecule has 4 aromatic rings. The lowest BCUT2D eigenvalue weighted by Gasteiger charge is -2.06. The van der Waals surface area contributed by atoms with Crippen LogP contribution in [0.5, 0.6) is 0 Å². The molecule has 0 saturated heterocycles. The lowest BCUT2D eigenvalue weighted by molar-refractivity contribution is 0.0593. The molecule has 0 fully saturated rings. The Balaban J connectivity index is 1.57. The molecule has 0 atom stereocenters. The molecule has 4 rings (SSSR count). The maximum Gasteiger partial charge on any atom is 0.358 e. The smallest absolute Gasteiger partial charge is 0.358 e. The first-order chi connectivity index (χ1) is 15.0. The summed E-state index contributed by atoms with van der Waals surface area (Å²) < 4.78 is 6.14. The van der Waals surface area contributed by atoms with E-state index in [4.69, 9.17) is 16.3 Å². The van der Waals surface area contributed by atoms with Crippen LogP contribution >= 0.6 is 22.9 Å². The molecule has 0 aliphatic carbocycles. The van der Waals surface area contributed by atoms with Gasteiger partial charge in [0.25, 0.3) is 5.91 Å². The van der Waals surface area contributed by atoms with Crippen LogP contribution in [0.4, 0.5) is 5.13 Å². The van der Waals surface area contributed by atoms with Gasteiger partial charge in [0.15, 0.2) is 10.8 Å². The number of ether oxygens (including phenoxy) is 1. The number of benzene rings is 2. The first-order valence-corrected chi connectivity index (χ1v) is 10.5. The molecule has 0 aliphatic rings. The fraction of sp³-hybridized carbons (Fsp3) is 0.0909. The summed E-state index contributed by atoms with van der Waals surface area (Å²) in [6.45, 7) is 0. The SMILES string of the molecule is COC(=O)c1cc(C(=O)Nc2ncc(Cc3ccccc3Cl)s2)n(-c2ccccc2)n1. The Morgan fingerprint density at radius 2 is 1.87 bits per heavy atom. The fourth-order valence-electron chi connectivity index (χ4n) is 2.95. The van der Waals surface area contributed by atoms with E-state index < -0.39 is 11.9 Å². The molecule has 0 bridgehead atoms. The zero-order chi connectivity index (χ0) is 21.8. The van der Waals surface area contributed by atoms with Gasteiger partial charge in [0.05, 0.1) is 12.8 Å². The topological polar surface area (TPSA) is 86.1 Å². The number of hydrogen-bond acceptors (Lipinski definition) is 6. The van der Waals surface area contributed by atoms with Crippen molar-refractivity contribution in [2.75, 3.05) is 12.4 Å². The number of aromatic nitrogens is 3. The molecule has 0 aliphatic heterocycles.